The number of allylic oxidation sites excluding steroid dienone is 14. The van der Waals surface area contributed by atoms with Crippen LogP contribution in [0.1, 0.15) is 97.3 Å². The zero-order valence-electron chi connectivity index (χ0n) is 36.1. The van der Waals surface area contributed by atoms with Gasteiger partial charge in [0.25, 0.3) is 0 Å². The van der Waals surface area contributed by atoms with Crippen LogP contribution in [-0.2, 0) is 23.7 Å². The number of rotatable bonds is 30. The van der Waals surface area contributed by atoms with E-state index >= 15 is 0 Å². The van der Waals surface area contributed by atoms with E-state index < -0.39 is 86.8 Å². The van der Waals surface area contributed by atoms with Gasteiger partial charge in [-0.25, -0.2) is 0 Å². The predicted molar refractivity (Wildman–Crippen MR) is 235 cm³/mol. The first kappa shape index (κ1) is 54.0. The van der Waals surface area contributed by atoms with Crippen molar-refractivity contribution in [2.45, 2.75) is 171 Å². The highest BCUT2D eigenvalue weighted by atomic mass is 16.7. The van der Waals surface area contributed by atoms with E-state index in [0.29, 0.717) is 12.8 Å². The van der Waals surface area contributed by atoms with E-state index in [0.717, 1.165) is 51.4 Å². The van der Waals surface area contributed by atoms with E-state index in [-0.39, 0.29) is 18.9 Å². The van der Waals surface area contributed by atoms with Gasteiger partial charge in [0.2, 0.25) is 5.91 Å². The Hall–Kier alpha value is -3.09. The molecule has 2 fully saturated rings. The van der Waals surface area contributed by atoms with Gasteiger partial charge in [0, 0.05) is 6.42 Å². The Kier molecular flexibility index (Phi) is 29.6. The molecule has 14 heteroatoms. The van der Waals surface area contributed by atoms with Gasteiger partial charge in [0.05, 0.1) is 32.0 Å². The van der Waals surface area contributed by atoms with Crippen LogP contribution in [0.2, 0.25) is 0 Å². The molecule has 0 radical (unpaired) electrons. The van der Waals surface area contributed by atoms with E-state index in [4.69, 9.17) is 18.9 Å². The summed E-state index contributed by atoms with van der Waals surface area (Å²) >= 11 is 0. The maximum absolute atomic E-state index is 13.0. The lowest BCUT2D eigenvalue weighted by Gasteiger charge is -2.46. The number of hydrogen-bond acceptors (Lipinski definition) is 13. The third kappa shape index (κ3) is 21.7. The molecule has 0 aliphatic carbocycles. The molecule has 0 aromatic rings. The molecule has 2 aliphatic heterocycles. The van der Waals surface area contributed by atoms with Crippen molar-refractivity contribution in [1.29, 1.82) is 0 Å². The van der Waals surface area contributed by atoms with Crippen LogP contribution in [0.4, 0.5) is 0 Å². The van der Waals surface area contributed by atoms with Gasteiger partial charge in [0.15, 0.2) is 12.6 Å². The highest BCUT2D eigenvalue weighted by molar-refractivity contribution is 5.77. The first-order valence-electron chi connectivity index (χ1n) is 22.0. The highest BCUT2D eigenvalue weighted by Gasteiger charge is 2.50. The summed E-state index contributed by atoms with van der Waals surface area (Å²) in [5.41, 5.74) is 0. The minimum Gasteiger partial charge on any atom is -0.394 e. The molecule has 2 rings (SSSR count). The zero-order chi connectivity index (χ0) is 44.7. The second kappa shape index (κ2) is 33.5. The molecule has 9 N–H and O–H groups in total. The smallest absolute Gasteiger partial charge is 0.224 e. The largest absolute Gasteiger partial charge is 0.394 e. The molecule has 0 aromatic carbocycles. The average Bonchev–Trinajstić information content (AvgIpc) is 3.26. The Morgan fingerprint density at radius 2 is 1.11 bits per heavy atom. The van der Waals surface area contributed by atoms with Gasteiger partial charge in [-0.05, 0) is 64.2 Å². The monoisotopic (exact) mass is 862 g/mol. The first-order chi connectivity index (χ1) is 29.6. The topological polar surface area (TPSA) is 228 Å². The van der Waals surface area contributed by atoms with Crippen LogP contribution in [0.5, 0.6) is 0 Å². The third-order valence-corrected chi connectivity index (χ3v) is 10.0. The maximum Gasteiger partial charge on any atom is 0.224 e. The van der Waals surface area contributed by atoms with E-state index in [1.807, 2.05) is 18.2 Å². The van der Waals surface area contributed by atoms with Gasteiger partial charge in [0.1, 0.15) is 48.8 Å². The van der Waals surface area contributed by atoms with Gasteiger partial charge in [-0.15, -0.1) is 0 Å². The summed E-state index contributed by atoms with van der Waals surface area (Å²) in [5, 5.41) is 86.2. The number of nitrogens with one attached hydrogen (secondary N) is 1. The van der Waals surface area contributed by atoms with Gasteiger partial charge in [-0.2, -0.15) is 0 Å². The molecule has 346 valence electrons. The van der Waals surface area contributed by atoms with Crippen LogP contribution in [0.15, 0.2) is 97.2 Å². The minimum atomic E-state index is -1.80. The van der Waals surface area contributed by atoms with Crippen LogP contribution < -0.4 is 5.32 Å². The Labute approximate surface area is 363 Å². The number of hydrogen-bond donors (Lipinski definition) is 9. The van der Waals surface area contributed by atoms with Crippen molar-refractivity contribution in [3.05, 3.63) is 97.2 Å². The van der Waals surface area contributed by atoms with Crippen molar-refractivity contribution < 1.29 is 64.6 Å². The number of carbonyl (C=O) groups excluding carboxylic acids is 1. The number of aliphatic hydroxyl groups excluding tert-OH is 8. The third-order valence-electron chi connectivity index (χ3n) is 10.0. The van der Waals surface area contributed by atoms with Crippen LogP contribution >= 0.6 is 0 Å². The zero-order valence-corrected chi connectivity index (χ0v) is 36.1. The van der Waals surface area contributed by atoms with Crippen LogP contribution in [-0.4, -0.2) is 140 Å². The lowest BCUT2D eigenvalue weighted by Crippen LogP contribution is -2.65. The minimum absolute atomic E-state index is 0.0316. The Bertz CT molecular complexity index is 1390. The highest BCUT2D eigenvalue weighted by Crippen LogP contribution is 2.29. The van der Waals surface area contributed by atoms with Crippen LogP contribution in [0.3, 0.4) is 0 Å². The molecule has 2 saturated heterocycles. The molecule has 12 unspecified atom stereocenters. The van der Waals surface area contributed by atoms with E-state index in [1.54, 1.807) is 12.2 Å². The van der Waals surface area contributed by atoms with Crippen molar-refractivity contribution in [1.82, 2.24) is 5.32 Å². The van der Waals surface area contributed by atoms with Gasteiger partial charge >= 0.3 is 0 Å². The quantitative estimate of drug-likeness (QED) is 0.0368. The number of amides is 1. The molecule has 14 nitrogen and oxygen atoms in total. The molecule has 0 saturated carbocycles. The van der Waals surface area contributed by atoms with E-state index in [2.05, 4.69) is 86.0 Å². The standard InChI is InChI=1S/C47H75NO13/c1-3-5-7-9-11-13-15-17-18-19-21-23-25-27-29-31-39(52)48-35(36(51)30-28-26-24-22-20-16-14-12-10-8-6-4-2)34-58-46-44(57)42(55)45(38(33-50)60-46)61-47-43(56)41(54)40(53)37(32-49)59-47/h5,7,10-13,17-18,20-23,27-30,35-38,40-47,49-51,53-57H,3-4,6,8-9,14-16,19,24-26,31-34H2,1-2H3,(H,48,52)/b7-5-,12-10+,13-11-,18-17-,22-20+,23-21-,29-27-,30-28+. The lowest BCUT2D eigenvalue weighted by molar-refractivity contribution is -0.359. The van der Waals surface area contributed by atoms with Crippen LogP contribution in [0.25, 0.3) is 0 Å². The van der Waals surface area contributed by atoms with E-state index in [1.165, 1.54) is 12.8 Å². The molecule has 0 spiro atoms. The van der Waals surface area contributed by atoms with Crippen LogP contribution in [0, 0.1) is 0 Å². The van der Waals surface area contributed by atoms with Crippen molar-refractivity contribution in [2.75, 3.05) is 19.8 Å². The number of unbranched alkanes of at least 4 members (excludes halogenated alkanes) is 4. The predicted octanol–water partition coefficient (Wildman–Crippen LogP) is 4.03. The lowest BCUT2D eigenvalue weighted by atomic mass is 9.97. The second-order valence-electron chi connectivity index (χ2n) is 15.1. The van der Waals surface area contributed by atoms with Crippen molar-refractivity contribution in [3.63, 3.8) is 0 Å². The van der Waals surface area contributed by atoms with Crippen molar-refractivity contribution in [2.24, 2.45) is 0 Å². The fourth-order valence-corrected chi connectivity index (χ4v) is 6.37. The van der Waals surface area contributed by atoms with Gasteiger partial charge in [-0.1, -0.05) is 124 Å². The fourth-order valence-electron chi connectivity index (χ4n) is 6.37. The number of aliphatic hydroxyl groups is 8. The normalized spacial score (nSPS) is 29.0. The molecule has 2 aliphatic rings. The molecular formula is C47H75NO13. The maximum atomic E-state index is 13.0. The summed E-state index contributed by atoms with van der Waals surface area (Å²) < 4.78 is 22.5. The number of ether oxygens (including phenoxy) is 4. The Morgan fingerprint density at radius 1 is 0.607 bits per heavy atom. The molecular weight excluding hydrogens is 787 g/mol. The second-order valence-corrected chi connectivity index (χ2v) is 15.1. The summed E-state index contributed by atoms with van der Waals surface area (Å²) in [6, 6.07) is -0.995. The molecule has 1 amide bonds. The molecule has 2 heterocycles. The summed E-state index contributed by atoms with van der Waals surface area (Å²) in [4.78, 5) is 13.0. The molecule has 61 heavy (non-hydrogen) atoms. The van der Waals surface area contributed by atoms with Crippen molar-refractivity contribution in [3.8, 4) is 0 Å². The Balaban J connectivity index is 1.99. The first-order valence-corrected chi connectivity index (χ1v) is 22.0. The van der Waals surface area contributed by atoms with E-state index in [9.17, 15) is 45.6 Å². The molecule has 0 aromatic heterocycles. The van der Waals surface area contributed by atoms with Gasteiger partial charge < -0.3 is 65.1 Å². The summed E-state index contributed by atoms with van der Waals surface area (Å²) in [7, 11) is 0. The SMILES string of the molecule is CC/C=C\C/C=C\C/C=C\C/C=C\C/C=C\CC(=O)NC(COC1OC(CO)C(OC2OC(CO)C(O)C(O)C2O)C(O)C1O)C(O)/C=C/CC/C=C/CC/C=C/CCCC. The summed E-state index contributed by atoms with van der Waals surface area (Å²) in [5.74, 6) is -0.388. The summed E-state index contributed by atoms with van der Waals surface area (Å²) in [6.45, 7) is 2.47. The molecule has 0 bridgehead atoms. The molecule has 12 atom stereocenters. The summed E-state index contributed by atoms with van der Waals surface area (Å²) in [6.07, 6.45) is 26.3. The van der Waals surface area contributed by atoms with Crippen molar-refractivity contribution >= 4 is 5.91 Å². The van der Waals surface area contributed by atoms with Gasteiger partial charge in [-0.3, -0.25) is 4.79 Å². The average molecular weight is 862 g/mol. The number of carbonyl (C=O) groups is 1. The Morgan fingerprint density at radius 3 is 1.67 bits per heavy atom. The fraction of sp³-hybridized carbons (Fsp3) is 0.638.